The van der Waals surface area contributed by atoms with Crippen molar-refractivity contribution in [3.8, 4) is 11.3 Å². The Morgan fingerprint density at radius 2 is 1.89 bits per heavy atom. The fourth-order valence-corrected chi connectivity index (χ4v) is 5.12. The van der Waals surface area contributed by atoms with E-state index in [9.17, 15) is 18.0 Å². The number of piperidine rings is 1. The van der Waals surface area contributed by atoms with Crippen LogP contribution in [0.3, 0.4) is 0 Å². The molecule has 2 fully saturated rings. The number of rotatable bonds is 4. The molecule has 0 radical (unpaired) electrons. The second-order valence-electron chi connectivity index (χ2n) is 11.0. The average molecular weight is 531 g/mol. The normalized spacial score (nSPS) is 18.7. The number of likely N-dealkylation sites (tertiary alicyclic amines) is 1. The van der Waals surface area contributed by atoms with Crippen LogP contribution in [-0.4, -0.2) is 63.8 Å². The molecule has 11 heteroatoms. The van der Waals surface area contributed by atoms with Gasteiger partial charge in [0.2, 0.25) is 5.95 Å². The van der Waals surface area contributed by atoms with E-state index >= 15 is 0 Å². The average Bonchev–Trinajstić information content (AvgIpc) is 3.52. The Labute approximate surface area is 219 Å². The number of benzene rings is 1. The van der Waals surface area contributed by atoms with E-state index in [1.54, 1.807) is 31.9 Å². The van der Waals surface area contributed by atoms with Gasteiger partial charge in [-0.05, 0) is 58.6 Å². The first-order valence-electron chi connectivity index (χ1n) is 13.0. The number of fused-ring (bicyclic) bond motifs is 1. The molecule has 38 heavy (non-hydrogen) atoms. The third-order valence-corrected chi connectivity index (χ3v) is 6.89. The fraction of sp³-hybridized carbons (Fsp3) is 0.519. The second-order valence-corrected chi connectivity index (χ2v) is 11.0. The number of amides is 1. The number of H-pyrrole nitrogens is 1. The summed E-state index contributed by atoms with van der Waals surface area (Å²) in [6, 6.07) is 5.56. The molecule has 2 aliphatic rings. The quantitative estimate of drug-likeness (QED) is 0.427. The van der Waals surface area contributed by atoms with Crippen molar-refractivity contribution in [3.05, 3.63) is 36.2 Å². The summed E-state index contributed by atoms with van der Waals surface area (Å²) in [5, 5.41) is 3.81. The molecule has 204 valence electrons. The molecule has 8 nitrogen and oxygen atoms in total. The number of ether oxygens (including phenoxy) is 1. The Hall–Kier alpha value is -3.50. The maximum atomic E-state index is 14.0. The number of hydrogen-bond acceptors (Lipinski definition) is 6. The minimum atomic E-state index is -4.62. The van der Waals surface area contributed by atoms with E-state index in [4.69, 9.17) is 4.74 Å². The highest BCUT2D eigenvalue weighted by molar-refractivity contribution is 5.97. The molecule has 0 bridgehead atoms. The van der Waals surface area contributed by atoms with Gasteiger partial charge in [-0.25, -0.2) is 14.8 Å². The van der Waals surface area contributed by atoms with Crippen LogP contribution in [0.2, 0.25) is 0 Å². The van der Waals surface area contributed by atoms with Gasteiger partial charge in [-0.2, -0.15) is 13.2 Å². The number of aromatic nitrogens is 3. The van der Waals surface area contributed by atoms with Crippen molar-refractivity contribution >= 4 is 28.6 Å². The molecule has 0 spiro atoms. The van der Waals surface area contributed by atoms with Gasteiger partial charge in [0.05, 0.1) is 5.69 Å². The lowest BCUT2D eigenvalue weighted by molar-refractivity contribution is -0.137. The monoisotopic (exact) mass is 530 g/mol. The molecule has 0 aliphatic carbocycles. The lowest BCUT2D eigenvalue weighted by atomic mass is 10.0. The zero-order valence-electron chi connectivity index (χ0n) is 21.9. The van der Waals surface area contributed by atoms with Crippen LogP contribution in [0, 0.1) is 0 Å². The van der Waals surface area contributed by atoms with E-state index in [-0.39, 0.29) is 17.7 Å². The van der Waals surface area contributed by atoms with Gasteiger partial charge in [0.15, 0.2) is 0 Å². The summed E-state index contributed by atoms with van der Waals surface area (Å²) in [7, 11) is 0. The molecule has 0 unspecified atom stereocenters. The zero-order valence-corrected chi connectivity index (χ0v) is 21.9. The van der Waals surface area contributed by atoms with Crippen LogP contribution < -0.4 is 10.2 Å². The zero-order chi connectivity index (χ0) is 27.1. The maximum absolute atomic E-state index is 14.0. The molecule has 2 aliphatic heterocycles. The molecule has 2 aromatic heterocycles. The predicted molar refractivity (Wildman–Crippen MR) is 140 cm³/mol. The summed E-state index contributed by atoms with van der Waals surface area (Å²) in [5.41, 5.74) is 0.478. The summed E-state index contributed by atoms with van der Waals surface area (Å²) < 4.78 is 47.5. The van der Waals surface area contributed by atoms with Crippen LogP contribution in [0.25, 0.3) is 22.2 Å². The summed E-state index contributed by atoms with van der Waals surface area (Å²) >= 11 is 0. The van der Waals surface area contributed by atoms with Crippen molar-refractivity contribution in [1.82, 2.24) is 19.9 Å². The molecule has 3 aromatic rings. The molecule has 0 saturated carbocycles. The van der Waals surface area contributed by atoms with Gasteiger partial charge in [-0.3, -0.25) is 0 Å². The van der Waals surface area contributed by atoms with Crippen molar-refractivity contribution in [1.29, 1.82) is 0 Å². The molecular formula is C27H33F3N6O2. The molecule has 1 amide bonds. The summed E-state index contributed by atoms with van der Waals surface area (Å²) in [4.78, 5) is 27.9. The van der Waals surface area contributed by atoms with Crippen molar-refractivity contribution in [2.45, 2.75) is 64.3 Å². The van der Waals surface area contributed by atoms with E-state index in [0.29, 0.717) is 24.0 Å². The van der Waals surface area contributed by atoms with E-state index in [2.05, 4.69) is 25.2 Å². The maximum Gasteiger partial charge on any atom is 0.419 e. The van der Waals surface area contributed by atoms with Gasteiger partial charge in [0.25, 0.3) is 0 Å². The molecule has 2 N–H and O–H groups in total. The number of carbonyl (C=O) groups excluding carboxylic acids is 1. The first-order valence-corrected chi connectivity index (χ1v) is 13.0. The number of anilines is 2. The number of carbonyl (C=O) groups is 1. The van der Waals surface area contributed by atoms with Gasteiger partial charge in [-0.1, -0.05) is 6.07 Å². The highest BCUT2D eigenvalue weighted by Crippen LogP contribution is 2.39. The fourth-order valence-electron chi connectivity index (χ4n) is 5.12. The lowest BCUT2D eigenvalue weighted by Crippen LogP contribution is -2.47. The Bertz CT molecular complexity index is 1310. The number of nitrogens with zero attached hydrogens (tertiary/aromatic N) is 4. The molecule has 1 atom stereocenters. The van der Waals surface area contributed by atoms with Crippen LogP contribution in [0.15, 0.2) is 30.6 Å². The van der Waals surface area contributed by atoms with Gasteiger partial charge in [0.1, 0.15) is 11.2 Å². The highest BCUT2D eigenvalue weighted by Gasteiger charge is 2.36. The first-order chi connectivity index (χ1) is 18.0. The van der Waals surface area contributed by atoms with Crippen molar-refractivity contribution in [2.75, 3.05) is 36.4 Å². The number of aromatic amines is 1. The van der Waals surface area contributed by atoms with Crippen LogP contribution in [0.1, 0.15) is 52.0 Å². The smallest absolute Gasteiger partial charge is 0.419 e. The van der Waals surface area contributed by atoms with E-state index in [1.165, 1.54) is 0 Å². The lowest BCUT2D eigenvalue weighted by Gasteiger charge is -2.34. The van der Waals surface area contributed by atoms with Gasteiger partial charge < -0.3 is 24.8 Å². The third-order valence-electron chi connectivity index (χ3n) is 6.89. The van der Waals surface area contributed by atoms with E-state index in [0.717, 1.165) is 56.2 Å². The van der Waals surface area contributed by atoms with E-state index < -0.39 is 23.4 Å². The number of hydrogen-bond donors (Lipinski definition) is 2. The Morgan fingerprint density at radius 1 is 1.13 bits per heavy atom. The van der Waals surface area contributed by atoms with Crippen LogP contribution >= 0.6 is 0 Å². The SMILES string of the molecule is CC(C)(C)OC(=O)N1CCC[C@H](Nc2ncc(C(F)(F)F)c(-c3c[nH]c4cc(N5CCCC5)ccc34)n2)C1. The first kappa shape index (κ1) is 26.1. The van der Waals surface area contributed by atoms with Crippen LogP contribution in [0.4, 0.5) is 29.6 Å². The summed E-state index contributed by atoms with van der Waals surface area (Å²) in [6.45, 7) is 8.28. The topological polar surface area (TPSA) is 86.4 Å². The van der Waals surface area contributed by atoms with E-state index in [1.807, 2.05) is 18.2 Å². The van der Waals surface area contributed by atoms with Crippen molar-refractivity contribution < 1.29 is 22.7 Å². The summed E-state index contributed by atoms with van der Waals surface area (Å²) in [6.07, 6.45) is 1.10. The molecular weight excluding hydrogens is 497 g/mol. The number of alkyl halides is 3. The van der Waals surface area contributed by atoms with Gasteiger partial charge in [-0.15, -0.1) is 0 Å². The van der Waals surface area contributed by atoms with Crippen molar-refractivity contribution in [3.63, 3.8) is 0 Å². The second kappa shape index (κ2) is 9.99. The number of nitrogens with one attached hydrogen (secondary N) is 2. The third kappa shape index (κ3) is 5.66. The summed E-state index contributed by atoms with van der Waals surface area (Å²) in [5.74, 6) is 0.0899. The molecule has 2 saturated heterocycles. The van der Waals surface area contributed by atoms with Crippen LogP contribution in [0.5, 0.6) is 0 Å². The minimum Gasteiger partial charge on any atom is -0.444 e. The van der Waals surface area contributed by atoms with Crippen LogP contribution in [-0.2, 0) is 10.9 Å². The van der Waals surface area contributed by atoms with Gasteiger partial charge >= 0.3 is 12.3 Å². The molecule has 4 heterocycles. The molecule has 1 aromatic carbocycles. The molecule has 5 rings (SSSR count). The Balaban J connectivity index is 1.42. The van der Waals surface area contributed by atoms with Gasteiger partial charge in [0, 0.05) is 66.8 Å². The minimum absolute atomic E-state index is 0.0899. The highest BCUT2D eigenvalue weighted by atomic mass is 19.4. The Kier molecular flexibility index (Phi) is 6.87. The Morgan fingerprint density at radius 3 is 2.61 bits per heavy atom. The predicted octanol–water partition coefficient (Wildman–Crippen LogP) is 6.06. The standard InChI is InChI=1S/C27H33F3N6O2/c1-26(2,3)38-25(37)36-12-6-7-17(16-36)33-24-32-15-21(27(28,29)30)23(34-24)20-14-31-22-13-18(8-9-19(20)22)35-10-4-5-11-35/h8-9,13-15,17,31H,4-7,10-12,16H2,1-3H3,(H,32,33,34)/t17-/m0/s1. The largest absolute Gasteiger partial charge is 0.444 e. The number of halogens is 3. The van der Waals surface area contributed by atoms with Crippen molar-refractivity contribution in [2.24, 2.45) is 0 Å².